The normalized spacial score (nSPS) is 10.5. The molecular weight excluding hydrogens is 438 g/mol. The summed E-state index contributed by atoms with van der Waals surface area (Å²) >= 11 is 11.7. The van der Waals surface area contributed by atoms with Crippen LogP contribution in [0.4, 0.5) is 4.39 Å². The van der Waals surface area contributed by atoms with Gasteiger partial charge in [0.15, 0.2) is 6.61 Å². The zero-order chi connectivity index (χ0) is 21.5. The number of halogens is 3. The van der Waals surface area contributed by atoms with Gasteiger partial charge in [0.05, 0.1) is 10.0 Å². The summed E-state index contributed by atoms with van der Waals surface area (Å²) in [6.07, 6.45) is 0. The fraction of sp³-hybridized carbons (Fsp3) is 0.158. The number of hydrogen-bond donors (Lipinski definition) is 2. The maximum atomic E-state index is 13.0. The number of hydrogen-bond acceptors (Lipinski definition) is 6. The molecule has 30 heavy (non-hydrogen) atoms. The van der Waals surface area contributed by atoms with Gasteiger partial charge in [-0.1, -0.05) is 28.4 Å². The van der Waals surface area contributed by atoms with E-state index in [2.05, 4.69) is 20.8 Å². The Kier molecular flexibility index (Phi) is 7.21. The zero-order valence-electron chi connectivity index (χ0n) is 15.3. The second-order valence-electron chi connectivity index (χ2n) is 5.90. The van der Waals surface area contributed by atoms with E-state index in [9.17, 15) is 14.0 Å². The smallest absolute Gasteiger partial charge is 0.316 e. The average Bonchev–Trinajstić information content (AvgIpc) is 3.23. The van der Waals surface area contributed by atoms with Crippen LogP contribution in [-0.4, -0.2) is 41.7 Å². The minimum atomic E-state index is -0.600. The molecule has 1 aromatic heterocycles. The highest BCUT2D eigenvalue weighted by atomic mass is 35.5. The van der Waals surface area contributed by atoms with Crippen LogP contribution in [0.3, 0.4) is 0 Å². The van der Waals surface area contributed by atoms with E-state index >= 15 is 0 Å². The standard InChI is InChI=1S/C19H15Cl2FN4O4/c20-14-6-5-13(9-15(14)21)29-10-16(27)23-7-8-24-18(28)19-25-17(26-30-19)11-1-3-12(22)4-2-11/h1-6,9H,7-8,10H2,(H,23,27)(H,24,28). The predicted octanol–water partition coefficient (Wildman–Crippen LogP) is 3.11. The summed E-state index contributed by atoms with van der Waals surface area (Å²) in [6.45, 7) is 0.0659. The van der Waals surface area contributed by atoms with Gasteiger partial charge < -0.3 is 19.9 Å². The first-order chi connectivity index (χ1) is 14.4. The SMILES string of the molecule is O=C(COc1ccc(Cl)c(Cl)c1)NCCNC(=O)c1nc(-c2ccc(F)cc2)no1. The Morgan fingerprint density at radius 1 is 1.03 bits per heavy atom. The molecule has 0 bridgehead atoms. The Hall–Kier alpha value is -3.17. The van der Waals surface area contributed by atoms with Gasteiger partial charge in [0.1, 0.15) is 11.6 Å². The summed E-state index contributed by atoms with van der Waals surface area (Å²) in [5.74, 6) is -1.06. The molecule has 3 rings (SSSR count). The number of rotatable bonds is 8. The van der Waals surface area contributed by atoms with E-state index in [-0.39, 0.29) is 37.3 Å². The van der Waals surface area contributed by atoms with Crippen molar-refractivity contribution in [1.29, 1.82) is 0 Å². The van der Waals surface area contributed by atoms with Crippen LogP contribution in [0, 0.1) is 5.82 Å². The molecule has 0 saturated carbocycles. The lowest BCUT2D eigenvalue weighted by Gasteiger charge is -2.08. The molecule has 0 saturated heterocycles. The number of carbonyl (C=O) groups is 2. The van der Waals surface area contributed by atoms with E-state index in [4.69, 9.17) is 32.5 Å². The molecule has 0 fully saturated rings. The van der Waals surface area contributed by atoms with Gasteiger partial charge >= 0.3 is 11.8 Å². The molecule has 0 aliphatic carbocycles. The highest BCUT2D eigenvalue weighted by Crippen LogP contribution is 2.26. The van der Waals surface area contributed by atoms with Gasteiger partial charge in [0.2, 0.25) is 5.82 Å². The first-order valence-electron chi connectivity index (χ1n) is 8.65. The summed E-state index contributed by atoms with van der Waals surface area (Å²) in [6, 6.07) is 10.1. The number of aromatic nitrogens is 2. The van der Waals surface area contributed by atoms with Crippen molar-refractivity contribution in [2.45, 2.75) is 0 Å². The van der Waals surface area contributed by atoms with Crippen LogP contribution in [0.5, 0.6) is 5.75 Å². The van der Waals surface area contributed by atoms with Crippen LogP contribution in [0.15, 0.2) is 47.0 Å². The fourth-order valence-corrected chi connectivity index (χ4v) is 2.54. The van der Waals surface area contributed by atoms with Crippen molar-refractivity contribution in [3.63, 3.8) is 0 Å². The molecule has 0 unspecified atom stereocenters. The van der Waals surface area contributed by atoms with Crippen molar-refractivity contribution < 1.29 is 23.2 Å². The molecule has 0 aliphatic heterocycles. The number of nitrogens with one attached hydrogen (secondary N) is 2. The van der Waals surface area contributed by atoms with Crippen molar-refractivity contribution in [2.24, 2.45) is 0 Å². The summed E-state index contributed by atoms with van der Waals surface area (Å²) in [5.41, 5.74) is 0.508. The molecule has 2 aromatic carbocycles. The van der Waals surface area contributed by atoms with Gasteiger partial charge in [0.25, 0.3) is 5.91 Å². The molecule has 0 atom stereocenters. The lowest BCUT2D eigenvalue weighted by atomic mass is 10.2. The van der Waals surface area contributed by atoms with Crippen LogP contribution in [0.1, 0.15) is 10.7 Å². The largest absolute Gasteiger partial charge is 0.484 e. The van der Waals surface area contributed by atoms with Crippen molar-refractivity contribution in [3.05, 3.63) is 64.2 Å². The van der Waals surface area contributed by atoms with Gasteiger partial charge in [-0.25, -0.2) is 4.39 Å². The van der Waals surface area contributed by atoms with Gasteiger partial charge in [0, 0.05) is 24.7 Å². The molecule has 1 heterocycles. The predicted molar refractivity (Wildman–Crippen MR) is 107 cm³/mol. The Morgan fingerprint density at radius 3 is 2.50 bits per heavy atom. The monoisotopic (exact) mass is 452 g/mol. The summed E-state index contributed by atoms with van der Waals surface area (Å²) < 4.78 is 23.2. The Bertz CT molecular complexity index is 1040. The fourth-order valence-electron chi connectivity index (χ4n) is 2.25. The minimum absolute atomic E-state index is 0.131. The Balaban J connectivity index is 1.38. The third-order valence-electron chi connectivity index (χ3n) is 3.72. The summed E-state index contributed by atoms with van der Waals surface area (Å²) in [4.78, 5) is 27.8. The van der Waals surface area contributed by atoms with Gasteiger partial charge in [-0.15, -0.1) is 0 Å². The number of nitrogens with zero attached hydrogens (tertiary/aromatic N) is 2. The highest BCUT2D eigenvalue weighted by molar-refractivity contribution is 6.42. The van der Waals surface area contributed by atoms with Crippen LogP contribution in [-0.2, 0) is 4.79 Å². The lowest BCUT2D eigenvalue weighted by Crippen LogP contribution is -2.36. The van der Waals surface area contributed by atoms with Crippen molar-refractivity contribution >= 4 is 35.0 Å². The van der Waals surface area contributed by atoms with E-state index in [1.54, 1.807) is 12.1 Å². The number of ether oxygens (including phenoxy) is 1. The average molecular weight is 453 g/mol. The van der Waals surface area contributed by atoms with Gasteiger partial charge in [-0.3, -0.25) is 9.59 Å². The van der Waals surface area contributed by atoms with E-state index in [1.165, 1.54) is 30.3 Å². The Labute approximate surface area is 180 Å². The van der Waals surface area contributed by atoms with Crippen LogP contribution >= 0.6 is 23.2 Å². The van der Waals surface area contributed by atoms with E-state index < -0.39 is 11.7 Å². The van der Waals surface area contributed by atoms with Crippen molar-refractivity contribution in [3.8, 4) is 17.1 Å². The zero-order valence-corrected chi connectivity index (χ0v) is 16.8. The van der Waals surface area contributed by atoms with E-state index in [1.807, 2.05) is 0 Å². The first-order valence-corrected chi connectivity index (χ1v) is 9.40. The summed E-state index contributed by atoms with van der Waals surface area (Å²) in [5, 5.41) is 9.50. The van der Waals surface area contributed by atoms with Crippen LogP contribution < -0.4 is 15.4 Å². The quantitative estimate of drug-likeness (QED) is 0.508. The number of carbonyl (C=O) groups excluding carboxylic acids is 2. The van der Waals surface area contributed by atoms with Gasteiger partial charge in [-0.2, -0.15) is 4.98 Å². The second kappa shape index (κ2) is 10.0. The third-order valence-corrected chi connectivity index (χ3v) is 4.46. The number of amides is 2. The minimum Gasteiger partial charge on any atom is -0.484 e. The molecule has 11 heteroatoms. The highest BCUT2D eigenvalue weighted by Gasteiger charge is 2.16. The maximum Gasteiger partial charge on any atom is 0.316 e. The molecule has 2 amide bonds. The molecule has 156 valence electrons. The third kappa shape index (κ3) is 5.91. The van der Waals surface area contributed by atoms with E-state index in [0.29, 0.717) is 21.4 Å². The summed E-state index contributed by atoms with van der Waals surface area (Å²) in [7, 11) is 0. The topological polar surface area (TPSA) is 106 Å². The van der Waals surface area contributed by atoms with Gasteiger partial charge in [-0.05, 0) is 36.4 Å². The van der Waals surface area contributed by atoms with Crippen LogP contribution in [0.25, 0.3) is 11.4 Å². The molecule has 0 radical (unpaired) electrons. The van der Waals surface area contributed by atoms with Crippen LogP contribution in [0.2, 0.25) is 10.0 Å². The molecule has 0 aliphatic rings. The number of benzene rings is 2. The second-order valence-corrected chi connectivity index (χ2v) is 6.71. The molecular formula is C19H15Cl2FN4O4. The van der Waals surface area contributed by atoms with Crippen molar-refractivity contribution in [2.75, 3.05) is 19.7 Å². The lowest BCUT2D eigenvalue weighted by molar-refractivity contribution is -0.123. The Morgan fingerprint density at radius 2 is 1.77 bits per heavy atom. The molecule has 2 N–H and O–H groups in total. The maximum absolute atomic E-state index is 13.0. The van der Waals surface area contributed by atoms with E-state index in [0.717, 1.165) is 0 Å². The molecule has 0 spiro atoms. The molecule has 3 aromatic rings. The van der Waals surface area contributed by atoms with Crippen molar-refractivity contribution in [1.82, 2.24) is 20.8 Å². The molecule has 8 nitrogen and oxygen atoms in total. The first kappa shape index (κ1) is 21.5.